The van der Waals surface area contributed by atoms with E-state index in [0.717, 1.165) is 4.88 Å². The Hall–Kier alpha value is -1.07. The molecule has 1 aromatic heterocycles. The molecule has 0 unspecified atom stereocenters. The second-order valence-electron chi connectivity index (χ2n) is 2.16. The van der Waals surface area contributed by atoms with Crippen LogP contribution in [0.1, 0.15) is 11.2 Å². The zero-order chi connectivity index (χ0) is 9.68. The summed E-state index contributed by atoms with van der Waals surface area (Å²) in [6.45, 7) is 0. The summed E-state index contributed by atoms with van der Waals surface area (Å²) >= 11 is 1.43. The summed E-state index contributed by atoms with van der Waals surface area (Å²) in [5, 5.41) is 5.34. The van der Waals surface area contributed by atoms with Gasteiger partial charge in [0.1, 0.15) is 0 Å². The van der Waals surface area contributed by atoms with Crippen LogP contribution in [-0.4, -0.2) is 14.2 Å². The van der Waals surface area contributed by atoms with E-state index in [4.69, 9.17) is 15.0 Å². The van der Waals surface area contributed by atoms with Crippen molar-refractivity contribution in [3.05, 3.63) is 26.8 Å². The molecule has 1 rings (SSSR count). The van der Waals surface area contributed by atoms with Gasteiger partial charge in [-0.1, -0.05) is 5.11 Å². The molecule has 0 fully saturated rings. The van der Waals surface area contributed by atoms with E-state index in [1.165, 1.54) is 25.6 Å². The van der Waals surface area contributed by atoms with Crippen LogP contribution in [0, 0.1) is 0 Å². The molecule has 0 atom stereocenters. The summed E-state index contributed by atoms with van der Waals surface area (Å²) in [7, 11) is 3.07. The lowest BCUT2D eigenvalue weighted by atomic mass is 10.4. The fraction of sp³-hybridized carbons (Fsp3) is 0.429. The van der Waals surface area contributed by atoms with E-state index < -0.39 is 6.29 Å². The van der Waals surface area contributed by atoms with E-state index in [1.807, 2.05) is 5.38 Å². The molecule has 0 radical (unpaired) electrons. The molecule has 6 heteroatoms. The average Bonchev–Trinajstić information content (AvgIpc) is 2.57. The standard InChI is InChI=1S/C7H9N3O2S/c1-11-7(12-2)6-5(9-10-8)3-4-13-6/h3-4,7H,1-2H3. The van der Waals surface area contributed by atoms with Gasteiger partial charge in [0.25, 0.3) is 0 Å². The first-order valence-electron chi connectivity index (χ1n) is 3.51. The molecular weight excluding hydrogens is 190 g/mol. The monoisotopic (exact) mass is 199 g/mol. The normalized spacial score (nSPS) is 10.1. The van der Waals surface area contributed by atoms with Gasteiger partial charge in [-0.3, -0.25) is 0 Å². The summed E-state index contributed by atoms with van der Waals surface area (Å²) in [4.78, 5) is 3.49. The Kier molecular flexibility index (Phi) is 3.72. The Morgan fingerprint density at radius 1 is 1.54 bits per heavy atom. The minimum absolute atomic E-state index is 0.458. The van der Waals surface area contributed by atoms with Crippen LogP contribution in [0.5, 0.6) is 0 Å². The summed E-state index contributed by atoms with van der Waals surface area (Å²) in [5.41, 5.74) is 8.83. The molecule has 0 saturated carbocycles. The van der Waals surface area contributed by atoms with Crippen LogP contribution in [0.4, 0.5) is 5.69 Å². The van der Waals surface area contributed by atoms with E-state index in [-0.39, 0.29) is 0 Å². The third-order valence-electron chi connectivity index (χ3n) is 1.47. The highest BCUT2D eigenvalue weighted by atomic mass is 32.1. The maximum atomic E-state index is 8.27. The predicted octanol–water partition coefficient (Wildman–Crippen LogP) is 2.98. The minimum Gasteiger partial charge on any atom is -0.351 e. The molecular formula is C7H9N3O2S. The van der Waals surface area contributed by atoms with Gasteiger partial charge in [-0.2, -0.15) is 0 Å². The smallest absolute Gasteiger partial charge is 0.192 e. The molecule has 0 aliphatic heterocycles. The lowest BCUT2D eigenvalue weighted by Crippen LogP contribution is -2.00. The van der Waals surface area contributed by atoms with Crippen LogP contribution < -0.4 is 0 Å². The molecule has 0 aromatic carbocycles. The number of hydrogen-bond donors (Lipinski definition) is 0. The maximum absolute atomic E-state index is 8.27. The van der Waals surface area contributed by atoms with E-state index in [0.29, 0.717) is 5.69 Å². The quantitative estimate of drug-likeness (QED) is 0.324. The highest BCUT2D eigenvalue weighted by molar-refractivity contribution is 7.10. The lowest BCUT2D eigenvalue weighted by Gasteiger charge is -2.11. The van der Waals surface area contributed by atoms with Crippen LogP contribution in [0.2, 0.25) is 0 Å². The molecule has 5 nitrogen and oxygen atoms in total. The molecule has 0 spiro atoms. The third-order valence-corrected chi connectivity index (χ3v) is 2.40. The molecule has 13 heavy (non-hydrogen) atoms. The topological polar surface area (TPSA) is 67.2 Å². The van der Waals surface area contributed by atoms with Crippen molar-refractivity contribution >= 4 is 17.0 Å². The second kappa shape index (κ2) is 4.84. The van der Waals surface area contributed by atoms with Crippen molar-refractivity contribution in [1.29, 1.82) is 0 Å². The van der Waals surface area contributed by atoms with Gasteiger partial charge in [0, 0.05) is 19.1 Å². The molecule has 70 valence electrons. The Balaban J connectivity index is 2.97. The van der Waals surface area contributed by atoms with Crippen molar-refractivity contribution in [3.8, 4) is 0 Å². The van der Waals surface area contributed by atoms with Crippen LogP contribution in [0.15, 0.2) is 16.6 Å². The largest absolute Gasteiger partial charge is 0.351 e. The number of azide groups is 1. The van der Waals surface area contributed by atoms with Gasteiger partial charge in [-0.25, -0.2) is 0 Å². The Morgan fingerprint density at radius 3 is 2.77 bits per heavy atom. The van der Waals surface area contributed by atoms with Crippen LogP contribution in [0.25, 0.3) is 10.4 Å². The van der Waals surface area contributed by atoms with Crippen molar-refractivity contribution < 1.29 is 9.47 Å². The summed E-state index contributed by atoms with van der Waals surface area (Å²) in [6.07, 6.45) is -0.458. The number of nitrogens with zero attached hydrogens (tertiary/aromatic N) is 3. The fourth-order valence-electron chi connectivity index (χ4n) is 0.932. The van der Waals surface area contributed by atoms with Crippen LogP contribution >= 0.6 is 11.3 Å². The molecule has 0 amide bonds. The molecule has 0 bridgehead atoms. The van der Waals surface area contributed by atoms with Gasteiger partial charge in [-0.15, -0.1) is 11.3 Å². The van der Waals surface area contributed by atoms with Crippen LogP contribution in [0.3, 0.4) is 0 Å². The van der Waals surface area contributed by atoms with Gasteiger partial charge >= 0.3 is 0 Å². The molecule has 1 heterocycles. The van der Waals surface area contributed by atoms with Crippen molar-refractivity contribution in [1.82, 2.24) is 0 Å². The first kappa shape index (κ1) is 10.0. The first-order valence-corrected chi connectivity index (χ1v) is 4.39. The number of ether oxygens (including phenoxy) is 2. The zero-order valence-electron chi connectivity index (χ0n) is 7.30. The summed E-state index contributed by atoms with van der Waals surface area (Å²) < 4.78 is 10.1. The van der Waals surface area contributed by atoms with E-state index >= 15 is 0 Å². The van der Waals surface area contributed by atoms with Gasteiger partial charge in [0.15, 0.2) is 6.29 Å². The van der Waals surface area contributed by atoms with Gasteiger partial charge in [0.05, 0.1) is 10.6 Å². The Bertz CT molecular complexity index is 315. The van der Waals surface area contributed by atoms with Gasteiger partial charge in [0.2, 0.25) is 0 Å². The zero-order valence-corrected chi connectivity index (χ0v) is 8.11. The van der Waals surface area contributed by atoms with Crippen molar-refractivity contribution in [2.24, 2.45) is 5.11 Å². The van der Waals surface area contributed by atoms with E-state index in [1.54, 1.807) is 6.07 Å². The number of thiophene rings is 1. The summed E-state index contributed by atoms with van der Waals surface area (Å²) in [5.74, 6) is 0. The molecule has 0 aliphatic carbocycles. The summed E-state index contributed by atoms with van der Waals surface area (Å²) in [6, 6.07) is 1.73. The molecule has 1 aromatic rings. The van der Waals surface area contributed by atoms with Crippen LogP contribution in [-0.2, 0) is 9.47 Å². The van der Waals surface area contributed by atoms with Crippen molar-refractivity contribution in [2.45, 2.75) is 6.29 Å². The molecule has 0 aliphatic rings. The second-order valence-corrected chi connectivity index (χ2v) is 3.11. The number of rotatable bonds is 4. The van der Waals surface area contributed by atoms with Gasteiger partial charge < -0.3 is 9.47 Å². The highest BCUT2D eigenvalue weighted by Gasteiger charge is 2.14. The number of hydrogen-bond acceptors (Lipinski definition) is 4. The predicted molar refractivity (Wildman–Crippen MR) is 49.9 cm³/mol. The van der Waals surface area contributed by atoms with Crippen molar-refractivity contribution in [2.75, 3.05) is 14.2 Å². The first-order chi connectivity index (χ1) is 6.33. The SMILES string of the molecule is COC(OC)c1sccc1N=[N+]=[N-]. The fourth-order valence-corrected chi connectivity index (χ4v) is 1.81. The molecule has 0 saturated heterocycles. The third kappa shape index (κ3) is 2.19. The maximum Gasteiger partial charge on any atom is 0.192 e. The Labute approximate surface area is 79.5 Å². The highest BCUT2D eigenvalue weighted by Crippen LogP contribution is 2.33. The molecule has 0 N–H and O–H groups in total. The van der Waals surface area contributed by atoms with Gasteiger partial charge in [-0.05, 0) is 17.0 Å². The lowest BCUT2D eigenvalue weighted by molar-refractivity contribution is -0.103. The van der Waals surface area contributed by atoms with E-state index in [9.17, 15) is 0 Å². The average molecular weight is 199 g/mol. The van der Waals surface area contributed by atoms with E-state index in [2.05, 4.69) is 10.0 Å². The number of methoxy groups -OCH3 is 2. The Morgan fingerprint density at radius 2 is 2.23 bits per heavy atom. The van der Waals surface area contributed by atoms with Crippen molar-refractivity contribution in [3.63, 3.8) is 0 Å². The minimum atomic E-state index is -0.458.